The van der Waals surface area contributed by atoms with Crippen LogP contribution in [-0.4, -0.2) is 24.7 Å². The van der Waals surface area contributed by atoms with Crippen molar-refractivity contribution >= 4 is 35.4 Å². The number of ether oxygens (including phenoxy) is 1. The maximum absolute atomic E-state index is 13.4. The second-order valence-electron chi connectivity index (χ2n) is 9.87. The lowest BCUT2D eigenvalue weighted by atomic mass is 10.0. The molecule has 0 bridgehead atoms. The van der Waals surface area contributed by atoms with Crippen LogP contribution in [-0.2, 0) is 4.79 Å². The molecule has 0 unspecified atom stereocenters. The van der Waals surface area contributed by atoms with Gasteiger partial charge in [-0.2, -0.15) is 0 Å². The van der Waals surface area contributed by atoms with E-state index in [0.717, 1.165) is 28.0 Å². The Morgan fingerprint density at radius 3 is 1.84 bits per heavy atom. The number of nitrogens with one attached hydrogen (secondary N) is 2. The SMILES string of the molecule is COc1ccc(/C=C/C(=O)c2ccc(NC(=O)/C(=C/c3ccc(-c4ccccc4)cc3)NC(=O)c3ccccc3)cc2)cc1. The first-order valence-electron chi connectivity index (χ1n) is 14.0. The lowest BCUT2D eigenvalue weighted by Gasteiger charge is -2.12. The quantitative estimate of drug-likeness (QED) is 0.132. The van der Waals surface area contributed by atoms with E-state index in [1.54, 1.807) is 67.8 Å². The second-order valence-corrected chi connectivity index (χ2v) is 9.87. The van der Waals surface area contributed by atoms with Gasteiger partial charge in [-0.25, -0.2) is 0 Å². The van der Waals surface area contributed by atoms with Gasteiger partial charge in [0.25, 0.3) is 11.8 Å². The van der Waals surface area contributed by atoms with Crippen LogP contribution < -0.4 is 15.4 Å². The summed E-state index contributed by atoms with van der Waals surface area (Å²) in [6.07, 6.45) is 4.86. The summed E-state index contributed by atoms with van der Waals surface area (Å²) in [5.74, 6) is -0.338. The minimum Gasteiger partial charge on any atom is -0.497 e. The topological polar surface area (TPSA) is 84.5 Å². The maximum Gasteiger partial charge on any atom is 0.272 e. The van der Waals surface area contributed by atoms with Crippen molar-refractivity contribution in [2.24, 2.45) is 0 Å². The zero-order valence-electron chi connectivity index (χ0n) is 24.1. The highest BCUT2D eigenvalue weighted by Crippen LogP contribution is 2.21. The molecule has 0 atom stereocenters. The summed E-state index contributed by atoms with van der Waals surface area (Å²) < 4.78 is 5.16. The highest BCUT2D eigenvalue weighted by molar-refractivity contribution is 6.11. The Kier molecular flexibility index (Phi) is 9.55. The fourth-order valence-electron chi connectivity index (χ4n) is 4.41. The van der Waals surface area contributed by atoms with E-state index in [9.17, 15) is 14.4 Å². The van der Waals surface area contributed by atoms with E-state index in [4.69, 9.17) is 4.74 Å². The van der Waals surface area contributed by atoms with E-state index in [1.165, 1.54) is 6.08 Å². The fourth-order valence-corrected chi connectivity index (χ4v) is 4.41. The number of allylic oxidation sites excluding steroid dienone is 1. The molecule has 6 heteroatoms. The molecule has 0 saturated heterocycles. The first-order valence-corrected chi connectivity index (χ1v) is 14.0. The third-order valence-electron chi connectivity index (χ3n) is 6.83. The molecule has 6 nitrogen and oxygen atoms in total. The van der Waals surface area contributed by atoms with Gasteiger partial charge >= 0.3 is 0 Å². The molecule has 44 heavy (non-hydrogen) atoms. The Labute approximate surface area is 256 Å². The Morgan fingerprint density at radius 2 is 1.20 bits per heavy atom. The number of carbonyl (C=O) groups is 3. The van der Waals surface area contributed by atoms with Crippen LogP contribution in [0.3, 0.4) is 0 Å². The summed E-state index contributed by atoms with van der Waals surface area (Å²) in [4.78, 5) is 39.1. The van der Waals surface area contributed by atoms with Crippen molar-refractivity contribution < 1.29 is 19.1 Å². The van der Waals surface area contributed by atoms with Gasteiger partial charge in [-0.15, -0.1) is 0 Å². The molecule has 0 aliphatic heterocycles. The first-order chi connectivity index (χ1) is 21.5. The van der Waals surface area contributed by atoms with Gasteiger partial charge in [0.05, 0.1) is 7.11 Å². The van der Waals surface area contributed by atoms with E-state index >= 15 is 0 Å². The number of ketones is 1. The van der Waals surface area contributed by atoms with Crippen LogP contribution in [0.2, 0.25) is 0 Å². The van der Waals surface area contributed by atoms with Gasteiger partial charge in [0.1, 0.15) is 11.4 Å². The number of amides is 2. The second kappa shape index (κ2) is 14.2. The van der Waals surface area contributed by atoms with Crippen molar-refractivity contribution in [3.8, 4) is 16.9 Å². The molecule has 0 heterocycles. The van der Waals surface area contributed by atoms with Gasteiger partial charge in [0.2, 0.25) is 0 Å². The molecule has 0 aliphatic carbocycles. The Bertz CT molecular complexity index is 1790. The monoisotopic (exact) mass is 578 g/mol. The van der Waals surface area contributed by atoms with E-state index in [2.05, 4.69) is 10.6 Å². The summed E-state index contributed by atoms with van der Waals surface area (Å²) in [6.45, 7) is 0. The van der Waals surface area contributed by atoms with E-state index in [1.807, 2.05) is 84.9 Å². The zero-order chi connectivity index (χ0) is 30.7. The molecule has 0 saturated carbocycles. The van der Waals surface area contributed by atoms with E-state index < -0.39 is 11.8 Å². The molecular weight excluding hydrogens is 548 g/mol. The van der Waals surface area contributed by atoms with Crippen molar-refractivity contribution in [2.75, 3.05) is 12.4 Å². The summed E-state index contributed by atoms with van der Waals surface area (Å²) in [5.41, 5.74) is 5.18. The Morgan fingerprint density at radius 1 is 0.614 bits per heavy atom. The van der Waals surface area contributed by atoms with Gasteiger partial charge in [0, 0.05) is 16.8 Å². The van der Waals surface area contributed by atoms with Crippen LogP contribution in [0.1, 0.15) is 31.8 Å². The van der Waals surface area contributed by atoms with Crippen molar-refractivity contribution in [3.05, 3.63) is 167 Å². The molecule has 0 fully saturated rings. The standard InChI is InChI=1S/C38H30N2O4/c1-44-34-23-14-27(15-24-34)16-25-36(41)31-19-21-33(22-20-31)39-38(43)35(40-37(42)32-10-6-3-7-11-32)26-28-12-17-30(18-13-28)29-8-4-2-5-9-29/h2-26H,1H3,(H,39,43)(H,40,42)/b25-16+,35-26-. The van der Waals surface area contributed by atoms with Crippen LogP contribution in [0, 0.1) is 0 Å². The predicted octanol–water partition coefficient (Wildman–Crippen LogP) is 7.67. The lowest BCUT2D eigenvalue weighted by molar-refractivity contribution is -0.113. The van der Waals surface area contributed by atoms with Crippen LogP contribution in [0.15, 0.2) is 145 Å². The Balaban J connectivity index is 1.31. The molecule has 5 rings (SSSR count). The largest absolute Gasteiger partial charge is 0.497 e. The number of benzene rings is 5. The molecule has 5 aromatic carbocycles. The van der Waals surface area contributed by atoms with E-state index in [0.29, 0.717) is 16.8 Å². The first kappa shape index (κ1) is 29.5. The summed E-state index contributed by atoms with van der Waals surface area (Å²) in [7, 11) is 1.60. The minimum atomic E-state index is -0.500. The number of rotatable bonds is 10. The van der Waals surface area contributed by atoms with Crippen LogP contribution >= 0.6 is 0 Å². The minimum absolute atomic E-state index is 0.0777. The molecule has 0 spiro atoms. The molecule has 2 amide bonds. The molecule has 5 aromatic rings. The number of hydrogen-bond acceptors (Lipinski definition) is 4. The number of hydrogen-bond donors (Lipinski definition) is 2. The summed E-state index contributed by atoms with van der Waals surface area (Å²) in [6, 6.07) is 40.4. The average Bonchev–Trinajstić information content (AvgIpc) is 3.08. The van der Waals surface area contributed by atoms with Crippen LogP contribution in [0.25, 0.3) is 23.3 Å². The number of carbonyl (C=O) groups excluding carboxylic acids is 3. The Hall–Kier alpha value is -6.01. The fraction of sp³-hybridized carbons (Fsp3) is 0.0263. The molecule has 0 radical (unpaired) electrons. The van der Waals surface area contributed by atoms with Crippen molar-refractivity contribution in [1.82, 2.24) is 5.32 Å². The number of anilines is 1. The van der Waals surface area contributed by atoms with Gasteiger partial charge in [-0.05, 0) is 82.9 Å². The van der Waals surface area contributed by atoms with Crippen LogP contribution in [0.5, 0.6) is 5.75 Å². The molecule has 2 N–H and O–H groups in total. The molecular formula is C38H30N2O4. The summed E-state index contributed by atoms with van der Waals surface area (Å²) in [5, 5.41) is 5.58. The van der Waals surface area contributed by atoms with Crippen molar-refractivity contribution in [3.63, 3.8) is 0 Å². The number of methoxy groups -OCH3 is 1. The summed E-state index contributed by atoms with van der Waals surface area (Å²) >= 11 is 0. The van der Waals surface area contributed by atoms with Gasteiger partial charge in [-0.1, -0.05) is 91.0 Å². The normalized spacial score (nSPS) is 11.2. The highest BCUT2D eigenvalue weighted by atomic mass is 16.5. The van der Waals surface area contributed by atoms with Crippen molar-refractivity contribution in [1.29, 1.82) is 0 Å². The van der Waals surface area contributed by atoms with Gasteiger partial charge in [-0.3, -0.25) is 14.4 Å². The maximum atomic E-state index is 13.4. The van der Waals surface area contributed by atoms with E-state index in [-0.39, 0.29) is 11.5 Å². The third-order valence-corrected chi connectivity index (χ3v) is 6.83. The molecule has 0 aliphatic rings. The van der Waals surface area contributed by atoms with Crippen molar-refractivity contribution in [2.45, 2.75) is 0 Å². The third kappa shape index (κ3) is 7.84. The smallest absolute Gasteiger partial charge is 0.272 e. The highest BCUT2D eigenvalue weighted by Gasteiger charge is 2.15. The predicted molar refractivity (Wildman–Crippen MR) is 175 cm³/mol. The molecule has 0 aromatic heterocycles. The van der Waals surface area contributed by atoms with Crippen LogP contribution in [0.4, 0.5) is 5.69 Å². The van der Waals surface area contributed by atoms with Gasteiger partial charge in [0.15, 0.2) is 5.78 Å². The lowest BCUT2D eigenvalue weighted by Crippen LogP contribution is -2.30. The zero-order valence-corrected chi connectivity index (χ0v) is 24.1. The molecule has 216 valence electrons. The average molecular weight is 579 g/mol. The van der Waals surface area contributed by atoms with Gasteiger partial charge < -0.3 is 15.4 Å².